The smallest absolute Gasteiger partial charge is 0.379 e. The Hall–Kier alpha value is -3.37. The van der Waals surface area contributed by atoms with E-state index in [0.717, 1.165) is 12.3 Å². The van der Waals surface area contributed by atoms with Crippen LogP contribution in [0.1, 0.15) is 29.3 Å². The Morgan fingerprint density at radius 1 is 1.27 bits per heavy atom. The molecule has 0 radical (unpaired) electrons. The van der Waals surface area contributed by atoms with Crippen molar-refractivity contribution in [2.75, 3.05) is 23.3 Å². The molecule has 1 aliphatic heterocycles. The number of rotatable bonds is 4. The van der Waals surface area contributed by atoms with Gasteiger partial charge in [0.05, 0.1) is 23.1 Å². The van der Waals surface area contributed by atoms with Crippen molar-refractivity contribution in [3.05, 3.63) is 42.0 Å². The number of imidazole rings is 1. The van der Waals surface area contributed by atoms with Gasteiger partial charge in [-0.25, -0.2) is 15.0 Å². The summed E-state index contributed by atoms with van der Waals surface area (Å²) in [6.07, 6.45) is 0.0432. The molecule has 0 spiro atoms. The van der Waals surface area contributed by atoms with Crippen LogP contribution in [0.25, 0.3) is 11.2 Å². The lowest BCUT2D eigenvalue weighted by molar-refractivity contribution is -0.137. The molecule has 30 heavy (non-hydrogen) atoms. The lowest BCUT2D eigenvalue weighted by atomic mass is 9.93. The molecule has 3 aromatic heterocycles. The van der Waals surface area contributed by atoms with E-state index in [2.05, 4.69) is 25.3 Å². The fourth-order valence-corrected chi connectivity index (χ4v) is 3.72. The number of nitrogens with two attached hydrogens (primary N) is 1. The Morgan fingerprint density at radius 2 is 2.07 bits per heavy atom. The van der Waals surface area contributed by atoms with E-state index in [0.29, 0.717) is 42.2 Å². The van der Waals surface area contributed by atoms with Gasteiger partial charge in [0.15, 0.2) is 5.65 Å². The number of halogens is 3. The van der Waals surface area contributed by atoms with Crippen LogP contribution < -0.4 is 16.0 Å². The van der Waals surface area contributed by atoms with Crippen molar-refractivity contribution in [1.82, 2.24) is 19.9 Å². The van der Waals surface area contributed by atoms with Gasteiger partial charge in [-0.15, -0.1) is 0 Å². The van der Waals surface area contributed by atoms with Crippen LogP contribution in [0, 0.1) is 5.92 Å². The predicted molar refractivity (Wildman–Crippen MR) is 105 cm³/mol. The first-order valence-electron chi connectivity index (χ1n) is 9.40. The quantitative estimate of drug-likeness (QED) is 0.599. The van der Waals surface area contributed by atoms with Crippen molar-refractivity contribution < 1.29 is 18.0 Å². The van der Waals surface area contributed by atoms with Crippen LogP contribution in [-0.2, 0) is 6.18 Å². The SMILES string of the molecule is CC1CN(c2ccc(C(F)(F)F)cn2)CCC1Nc1c(C(N)=O)cnc2nc[nH]c12. The van der Waals surface area contributed by atoms with Gasteiger partial charge in [-0.1, -0.05) is 6.92 Å². The van der Waals surface area contributed by atoms with Crippen molar-refractivity contribution in [3.8, 4) is 0 Å². The van der Waals surface area contributed by atoms with E-state index in [4.69, 9.17) is 5.73 Å². The number of aromatic amines is 1. The summed E-state index contributed by atoms with van der Waals surface area (Å²) in [6.45, 7) is 3.23. The summed E-state index contributed by atoms with van der Waals surface area (Å²) in [5, 5.41) is 3.40. The predicted octanol–water partition coefficient (Wildman–Crippen LogP) is 2.80. The molecule has 8 nitrogen and oxygen atoms in total. The van der Waals surface area contributed by atoms with E-state index in [1.54, 1.807) is 0 Å². The summed E-state index contributed by atoms with van der Waals surface area (Å²) in [7, 11) is 0. The number of hydrogen-bond donors (Lipinski definition) is 3. The molecule has 0 aromatic carbocycles. The molecule has 1 saturated heterocycles. The number of alkyl halides is 3. The second kappa shape index (κ2) is 7.47. The van der Waals surface area contributed by atoms with Gasteiger partial charge in [0.2, 0.25) is 0 Å². The van der Waals surface area contributed by atoms with Crippen LogP contribution in [0.5, 0.6) is 0 Å². The van der Waals surface area contributed by atoms with Gasteiger partial charge in [-0.3, -0.25) is 4.79 Å². The zero-order valence-corrected chi connectivity index (χ0v) is 16.1. The highest BCUT2D eigenvalue weighted by molar-refractivity contribution is 6.04. The lowest BCUT2D eigenvalue weighted by Gasteiger charge is -2.38. The number of H-pyrrole nitrogens is 1. The van der Waals surface area contributed by atoms with Gasteiger partial charge in [0.25, 0.3) is 5.91 Å². The molecule has 0 aliphatic carbocycles. The van der Waals surface area contributed by atoms with E-state index in [1.807, 2.05) is 11.8 Å². The fourth-order valence-electron chi connectivity index (χ4n) is 3.72. The number of anilines is 2. The molecule has 1 aliphatic rings. The minimum atomic E-state index is -4.41. The highest BCUT2D eigenvalue weighted by atomic mass is 19.4. The van der Waals surface area contributed by atoms with E-state index in [9.17, 15) is 18.0 Å². The third-order valence-corrected chi connectivity index (χ3v) is 5.35. The Labute approximate surface area is 169 Å². The molecule has 4 N–H and O–H groups in total. The zero-order valence-electron chi connectivity index (χ0n) is 16.1. The summed E-state index contributed by atoms with van der Waals surface area (Å²) in [6, 6.07) is 2.45. The van der Waals surface area contributed by atoms with Gasteiger partial charge in [-0.05, 0) is 24.5 Å². The number of nitrogens with zero attached hydrogens (tertiary/aromatic N) is 4. The van der Waals surface area contributed by atoms with Crippen LogP contribution in [0.15, 0.2) is 30.9 Å². The molecule has 0 saturated carbocycles. The molecule has 4 rings (SSSR count). The van der Waals surface area contributed by atoms with Crippen molar-refractivity contribution in [1.29, 1.82) is 0 Å². The maximum Gasteiger partial charge on any atom is 0.417 e. The lowest BCUT2D eigenvalue weighted by Crippen LogP contribution is -2.45. The second-order valence-corrected chi connectivity index (χ2v) is 7.38. The highest BCUT2D eigenvalue weighted by Crippen LogP contribution is 2.31. The molecule has 2 unspecified atom stereocenters. The maximum absolute atomic E-state index is 12.8. The number of fused-ring (bicyclic) bond motifs is 1. The van der Waals surface area contributed by atoms with Crippen LogP contribution in [0.3, 0.4) is 0 Å². The van der Waals surface area contributed by atoms with Gasteiger partial charge >= 0.3 is 6.18 Å². The molecule has 0 bridgehead atoms. The first-order chi connectivity index (χ1) is 14.2. The molecule has 11 heteroatoms. The summed E-state index contributed by atoms with van der Waals surface area (Å²) < 4.78 is 38.3. The number of carbonyl (C=O) groups is 1. The number of nitrogens with one attached hydrogen (secondary N) is 2. The molecule has 1 amide bonds. The van der Waals surface area contributed by atoms with E-state index in [1.165, 1.54) is 18.6 Å². The van der Waals surface area contributed by atoms with E-state index >= 15 is 0 Å². The van der Waals surface area contributed by atoms with E-state index in [-0.39, 0.29) is 17.5 Å². The molecule has 1 fully saturated rings. The van der Waals surface area contributed by atoms with Gasteiger partial charge in [0, 0.05) is 31.5 Å². The van der Waals surface area contributed by atoms with Gasteiger partial charge < -0.3 is 20.9 Å². The van der Waals surface area contributed by atoms with Crippen molar-refractivity contribution >= 4 is 28.6 Å². The largest absolute Gasteiger partial charge is 0.417 e. The Kier molecular flexibility index (Phi) is 4.96. The van der Waals surface area contributed by atoms with E-state index < -0.39 is 17.6 Å². The molecular formula is C19H20F3N7O. The number of carbonyl (C=O) groups excluding carboxylic acids is 1. The van der Waals surface area contributed by atoms with Crippen LogP contribution >= 0.6 is 0 Å². The number of hydrogen-bond acceptors (Lipinski definition) is 6. The normalized spacial score (nSPS) is 19.8. The monoisotopic (exact) mass is 419 g/mol. The summed E-state index contributed by atoms with van der Waals surface area (Å²) >= 11 is 0. The Morgan fingerprint density at radius 3 is 2.70 bits per heavy atom. The topological polar surface area (TPSA) is 113 Å². The van der Waals surface area contributed by atoms with Crippen molar-refractivity contribution in [2.45, 2.75) is 25.6 Å². The summed E-state index contributed by atoms with van der Waals surface area (Å²) in [4.78, 5) is 29.0. The number of pyridine rings is 2. The summed E-state index contributed by atoms with van der Waals surface area (Å²) in [5.41, 5.74) is 6.64. The van der Waals surface area contributed by atoms with Crippen LogP contribution in [0.2, 0.25) is 0 Å². The highest BCUT2D eigenvalue weighted by Gasteiger charge is 2.32. The standard InChI is InChI=1S/C19H20F3N7O/c1-10-8-29(14-3-2-11(6-24-14)19(20,21)22)5-4-13(10)28-15-12(17(23)30)7-25-18-16(15)26-9-27-18/h2-3,6-7,9-10,13H,4-5,8H2,1H3,(H2,23,30)(H2,25,26,27,28). The molecule has 158 valence electrons. The van der Waals surface area contributed by atoms with Crippen LogP contribution in [0.4, 0.5) is 24.7 Å². The second-order valence-electron chi connectivity index (χ2n) is 7.38. The third kappa shape index (κ3) is 3.74. The number of piperidine rings is 1. The molecule has 3 aromatic rings. The van der Waals surface area contributed by atoms with Crippen molar-refractivity contribution in [3.63, 3.8) is 0 Å². The average Bonchev–Trinajstić information content (AvgIpc) is 3.18. The van der Waals surface area contributed by atoms with Crippen molar-refractivity contribution in [2.24, 2.45) is 11.7 Å². The average molecular weight is 419 g/mol. The summed E-state index contributed by atoms with van der Waals surface area (Å²) in [5.74, 6) is 0.0289. The first kappa shape index (κ1) is 19.9. The van der Waals surface area contributed by atoms with Crippen LogP contribution in [-0.4, -0.2) is 45.0 Å². The zero-order chi connectivity index (χ0) is 21.5. The fraction of sp³-hybridized carbons (Fsp3) is 0.368. The third-order valence-electron chi connectivity index (χ3n) is 5.35. The number of aromatic nitrogens is 4. The minimum Gasteiger partial charge on any atom is -0.379 e. The van der Waals surface area contributed by atoms with Gasteiger partial charge in [-0.2, -0.15) is 13.2 Å². The Bertz CT molecular complexity index is 1060. The van der Waals surface area contributed by atoms with Gasteiger partial charge in [0.1, 0.15) is 11.3 Å². The number of amides is 1. The minimum absolute atomic E-state index is 0.0164. The molecular weight excluding hydrogens is 399 g/mol. The molecule has 4 heterocycles. The molecule has 2 atom stereocenters. The maximum atomic E-state index is 12.8. The first-order valence-corrected chi connectivity index (χ1v) is 9.40. The Balaban J connectivity index is 1.51. The number of primary amides is 1.